The third kappa shape index (κ3) is 2.76. The van der Waals surface area contributed by atoms with Crippen LogP contribution in [0.5, 0.6) is 5.75 Å². The van der Waals surface area contributed by atoms with Crippen LogP contribution in [-0.2, 0) is 11.2 Å². The Morgan fingerprint density at radius 1 is 2.00 bits per heavy atom. The first kappa shape index (κ1) is 3.31. The van der Waals surface area contributed by atoms with Gasteiger partial charge in [-0.1, -0.05) is 12.1 Å². The first-order chi connectivity index (χ1) is 9.69. The van der Waals surface area contributed by atoms with Gasteiger partial charge in [-0.2, -0.15) is 0 Å². The number of benzene rings is 1. The fourth-order valence-corrected chi connectivity index (χ4v) is 0.706. The highest BCUT2D eigenvalue weighted by Crippen LogP contribution is 2.11. The fraction of sp³-hybridized carbons (Fsp3) is 0.222. The Hall–Kier alpha value is -1.55. The normalized spacial score (nSPS) is 25.6. The molecule has 0 fully saturated rings. The van der Waals surface area contributed by atoms with Gasteiger partial charge in [0, 0.05) is 1.37 Å². The molecule has 1 unspecified atom stereocenters. The molecule has 1 aromatic rings. The van der Waals surface area contributed by atoms with E-state index in [4.69, 9.17) is 11.2 Å². The van der Waals surface area contributed by atoms with Crippen LogP contribution in [0.3, 0.4) is 0 Å². The molecule has 0 aliphatic heterocycles. The van der Waals surface area contributed by atoms with Crippen molar-refractivity contribution in [2.75, 3.05) is 0 Å². The van der Waals surface area contributed by atoms with Crippen molar-refractivity contribution >= 4 is 5.97 Å². The summed E-state index contributed by atoms with van der Waals surface area (Å²) in [5, 5.41) is 7.71. The summed E-state index contributed by atoms with van der Waals surface area (Å²) >= 11 is 0. The van der Waals surface area contributed by atoms with E-state index in [1.807, 2.05) is 0 Å². The molecule has 4 N–H and O–H groups in total. The Morgan fingerprint density at radius 2 is 2.92 bits per heavy atom. The minimum Gasteiger partial charge on any atom is -0.508 e. The maximum atomic E-state index is 11.5. The van der Waals surface area contributed by atoms with Crippen LogP contribution in [0.15, 0.2) is 24.2 Å². The lowest BCUT2D eigenvalue weighted by Crippen LogP contribution is -2.32. The standard InChI is InChI=1S/C9H11NO3/c10-8(9(12)13)5-6-2-1-3-7(11)4-6/h1-4,8,11H,5,10H2,(H,12,13)/t8-/m1/s1/i1D,4D,5D,8D/hD4/t5?,8-. The van der Waals surface area contributed by atoms with Gasteiger partial charge in [0.1, 0.15) is 14.6 Å². The Bertz CT molecular complexity index is 542. The molecule has 4 nitrogen and oxygen atoms in total. The van der Waals surface area contributed by atoms with Crippen LogP contribution < -0.4 is 5.72 Å². The van der Waals surface area contributed by atoms with Gasteiger partial charge < -0.3 is 15.9 Å². The highest BCUT2D eigenvalue weighted by Gasteiger charge is 2.11. The molecule has 0 bridgehead atoms. The van der Waals surface area contributed by atoms with Gasteiger partial charge in [-0.3, -0.25) is 4.79 Å². The predicted molar refractivity (Wildman–Crippen MR) is 47.4 cm³/mol. The second-order valence-electron chi connectivity index (χ2n) is 2.22. The molecule has 0 heterocycles. The molecule has 1 rings (SSSR count). The Kier molecular flexibility index (Phi) is 0.994. The van der Waals surface area contributed by atoms with E-state index in [-0.39, 0.29) is 17.4 Å². The number of nitrogens with two attached hydrogens (primary N) is 1. The lowest BCUT2D eigenvalue weighted by molar-refractivity contribution is -0.138. The number of hydrogen-bond donors (Lipinski definition) is 3. The van der Waals surface area contributed by atoms with E-state index in [0.717, 1.165) is 12.1 Å². The third-order valence-electron chi connectivity index (χ3n) is 1.22. The van der Waals surface area contributed by atoms with Crippen molar-refractivity contribution in [2.45, 2.75) is 12.4 Å². The molecular formula is C9H11NO3. The minimum absolute atomic E-state index is 0.247. The highest BCUT2D eigenvalue weighted by molar-refractivity contribution is 5.73. The number of aromatic hydroxyl groups is 1. The van der Waals surface area contributed by atoms with E-state index in [0.29, 0.717) is 0 Å². The maximum absolute atomic E-state index is 11.5. The van der Waals surface area contributed by atoms with Crippen LogP contribution in [0, 0.1) is 0 Å². The summed E-state index contributed by atoms with van der Waals surface area (Å²) in [5.74, 6) is -2.03. The summed E-state index contributed by atoms with van der Waals surface area (Å²) in [6.07, 6.45) is -2.00. The third-order valence-corrected chi connectivity index (χ3v) is 1.22. The first-order valence-electron chi connectivity index (χ1n) is 7.11. The fourth-order valence-electron chi connectivity index (χ4n) is 0.706. The van der Waals surface area contributed by atoms with Crippen molar-refractivity contribution in [3.63, 3.8) is 0 Å². The monoisotopic (exact) mass is 189 g/mol. The second kappa shape index (κ2) is 3.91. The van der Waals surface area contributed by atoms with Gasteiger partial charge in [-0.25, -0.2) is 0 Å². The average Bonchev–Trinajstić information content (AvgIpc) is 2.46. The van der Waals surface area contributed by atoms with Crippen molar-refractivity contribution in [1.82, 2.24) is 0 Å². The summed E-state index contributed by atoms with van der Waals surface area (Å²) in [6, 6.07) is -1.71. The molecule has 70 valence electrons. The van der Waals surface area contributed by atoms with Gasteiger partial charge in [0.2, 0.25) is 0 Å². The van der Waals surface area contributed by atoms with Gasteiger partial charge in [-0.05, 0) is 24.1 Å². The zero-order chi connectivity index (χ0) is 16.4. The van der Waals surface area contributed by atoms with E-state index >= 15 is 0 Å². The molecule has 0 aromatic heterocycles. The van der Waals surface area contributed by atoms with Gasteiger partial charge in [-0.15, -0.1) is 0 Å². The summed E-state index contributed by atoms with van der Waals surface area (Å²) in [7, 11) is 0. The van der Waals surface area contributed by atoms with Crippen LogP contribution in [0.4, 0.5) is 0 Å². The van der Waals surface area contributed by atoms with Crippen molar-refractivity contribution < 1.29 is 23.3 Å². The van der Waals surface area contributed by atoms with Crippen LogP contribution in [0.2, 0.25) is 2.82 Å². The van der Waals surface area contributed by atoms with E-state index in [1.54, 1.807) is 0 Å². The summed E-state index contributed by atoms with van der Waals surface area (Å²) in [5.41, 5.74) is -0.798. The molecule has 0 spiro atoms. The number of phenolic OH excluding ortho intramolecular Hbond substituents is 1. The minimum atomic E-state index is -2.94. The Labute approximate surface area is 87.1 Å². The maximum Gasteiger partial charge on any atom is 0.320 e. The van der Waals surface area contributed by atoms with Crippen molar-refractivity contribution in [3.8, 4) is 5.75 Å². The molecule has 0 saturated carbocycles. The summed E-state index contributed by atoms with van der Waals surface area (Å²) in [6.45, 7) is 0. The molecule has 0 saturated heterocycles. The second-order valence-corrected chi connectivity index (χ2v) is 2.22. The summed E-state index contributed by atoms with van der Waals surface area (Å²) < 4.78 is 58.3. The topological polar surface area (TPSA) is 83.5 Å². The average molecular weight is 189 g/mol. The van der Waals surface area contributed by atoms with Gasteiger partial charge >= 0.3 is 5.97 Å². The number of rotatable bonds is 5. The van der Waals surface area contributed by atoms with Crippen LogP contribution >= 0.6 is 0 Å². The van der Waals surface area contributed by atoms with Gasteiger partial charge in [0.05, 0.1) is 4.11 Å². The zero-order valence-electron chi connectivity index (χ0n) is 14.4. The number of phenols is 1. The molecule has 0 aliphatic rings. The van der Waals surface area contributed by atoms with Crippen molar-refractivity contribution in [3.05, 3.63) is 29.8 Å². The molecule has 2 atom stereocenters. The van der Waals surface area contributed by atoms with Gasteiger partial charge in [0.25, 0.3) is 2.86 Å². The summed E-state index contributed by atoms with van der Waals surface area (Å²) in [4.78, 5) is 11.5. The molecule has 13 heavy (non-hydrogen) atoms. The number of carbonyl (C=O) groups is 1. The largest absolute Gasteiger partial charge is 0.508 e. The Balaban J connectivity index is 3.44. The van der Waals surface area contributed by atoms with Crippen LogP contribution in [-0.4, -0.2) is 23.6 Å². The van der Waals surface area contributed by atoms with Crippen LogP contribution in [0.1, 0.15) is 11.0 Å². The molecule has 1 aromatic carbocycles. The van der Waals surface area contributed by atoms with E-state index in [2.05, 4.69) is 10.2 Å². The smallest absolute Gasteiger partial charge is 0.320 e. The zero-order valence-corrected chi connectivity index (χ0v) is 6.40. The molecular weight excluding hydrogens is 170 g/mol. The molecule has 0 amide bonds. The molecule has 0 aliphatic carbocycles. The number of hydrogen-bond acceptors (Lipinski definition) is 4. The van der Waals surface area contributed by atoms with Crippen molar-refractivity contribution in [2.24, 2.45) is 5.72 Å². The molecule has 0 radical (unpaired) electrons. The number of carboxylic acid groups (broad SMARTS) is 1. The van der Waals surface area contributed by atoms with Crippen molar-refractivity contribution in [1.29, 1.82) is 2.86 Å². The van der Waals surface area contributed by atoms with Gasteiger partial charge in [0.15, 0.2) is 0 Å². The Morgan fingerprint density at radius 3 is 3.62 bits per heavy atom. The lowest BCUT2D eigenvalue weighted by atomic mass is 10.1. The molecule has 4 heteroatoms. The highest BCUT2D eigenvalue weighted by atomic mass is 16.4. The quantitative estimate of drug-likeness (QED) is 0.624. The van der Waals surface area contributed by atoms with E-state index in [1.165, 1.54) is 0 Å². The predicted octanol–water partition coefficient (Wildman–Crippen LogP) is 0.347. The lowest BCUT2D eigenvalue weighted by Gasteiger charge is -2.05. The van der Waals surface area contributed by atoms with E-state index in [9.17, 15) is 4.79 Å². The number of aliphatic carboxylic acids is 1. The first-order valence-corrected chi connectivity index (χ1v) is 3.32. The van der Waals surface area contributed by atoms with E-state index < -0.39 is 30.1 Å². The SMILES string of the molecule is [2H]OC(=O)[C@@]([2H])(C([2H])c1cc([2H])cc(O[2H])c1[2H])N([2H])[2H]. The number of carboxylic acids is 1. The van der Waals surface area contributed by atoms with Crippen LogP contribution in [0.25, 0.3) is 1.43 Å².